The molecule has 1 aliphatic rings. The largest absolute Gasteiger partial charge is 0.390 e. The molecule has 1 aliphatic heterocycles. The molecule has 23 heavy (non-hydrogen) atoms. The minimum atomic E-state index is -0.295. The van der Waals surface area contributed by atoms with Gasteiger partial charge in [0.25, 0.3) is 5.91 Å². The lowest BCUT2D eigenvalue weighted by Gasteiger charge is -2.22. The Kier molecular flexibility index (Phi) is 4.71. The molecule has 1 atom stereocenters. The molecule has 2 aromatic rings. The summed E-state index contributed by atoms with van der Waals surface area (Å²) in [6.45, 7) is 3.01. The highest BCUT2D eigenvalue weighted by molar-refractivity contribution is 7.12. The van der Waals surface area contributed by atoms with E-state index in [1.807, 2.05) is 30.5 Å². The maximum atomic E-state index is 13.3. The van der Waals surface area contributed by atoms with E-state index in [4.69, 9.17) is 4.84 Å². The molecule has 0 fully saturated rings. The molecule has 3 rings (SSSR count). The maximum absolute atomic E-state index is 13.3. The molecule has 0 unspecified atom stereocenters. The fourth-order valence-corrected chi connectivity index (χ4v) is 3.21. The minimum Gasteiger partial charge on any atom is -0.390 e. The lowest BCUT2D eigenvalue weighted by Crippen LogP contribution is -2.37. The van der Waals surface area contributed by atoms with Crippen molar-refractivity contribution in [1.82, 2.24) is 4.90 Å². The summed E-state index contributed by atoms with van der Waals surface area (Å²) in [4.78, 5) is 20.3. The van der Waals surface area contributed by atoms with Crippen LogP contribution < -0.4 is 0 Å². The van der Waals surface area contributed by atoms with E-state index in [-0.39, 0.29) is 17.8 Å². The summed E-state index contributed by atoms with van der Waals surface area (Å²) in [6, 6.07) is 9.98. The van der Waals surface area contributed by atoms with Crippen molar-refractivity contribution in [2.24, 2.45) is 5.16 Å². The number of benzene rings is 1. The first-order chi connectivity index (χ1) is 11.2. The summed E-state index contributed by atoms with van der Waals surface area (Å²) in [5.41, 5.74) is 1.44. The Morgan fingerprint density at radius 3 is 3.00 bits per heavy atom. The molecule has 4 nitrogen and oxygen atoms in total. The summed E-state index contributed by atoms with van der Waals surface area (Å²) < 4.78 is 13.3. The van der Waals surface area contributed by atoms with E-state index in [0.717, 1.165) is 10.4 Å². The molecule has 0 N–H and O–H groups in total. The highest BCUT2D eigenvalue weighted by Crippen LogP contribution is 2.20. The lowest BCUT2D eigenvalue weighted by atomic mass is 10.0. The topological polar surface area (TPSA) is 41.9 Å². The van der Waals surface area contributed by atoms with Crippen LogP contribution in [0.15, 0.2) is 46.9 Å². The molecule has 0 saturated heterocycles. The van der Waals surface area contributed by atoms with Gasteiger partial charge in [-0.15, -0.1) is 11.3 Å². The molecule has 1 aromatic heterocycles. The van der Waals surface area contributed by atoms with Gasteiger partial charge in [0.15, 0.2) is 6.10 Å². The highest BCUT2D eigenvalue weighted by atomic mass is 32.1. The Hall–Kier alpha value is -2.21. The smallest absolute Gasteiger partial charge is 0.264 e. The van der Waals surface area contributed by atoms with Gasteiger partial charge in [0.2, 0.25) is 0 Å². The molecule has 0 saturated carbocycles. The van der Waals surface area contributed by atoms with Crippen LogP contribution in [0.1, 0.15) is 28.6 Å². The SMILES string of the molecule is CCN(C[C@@H]1CC(c2cccc(F)c2)=NO1)C(=O)c1cccs1. The zero-order chi connectivity index (χ0) is 16.2. The third-order valence-corrected chi connectivity index (χ3v) is 4.57. The van der Waals surface area contributed by atoms with Gasteiger partial charge in [-0.2, -0.15) is 0 Å². The molecule has 0 radical (unpaired) electrons. The number of nitrogens with zero attached hydrogens (tertiary/aromatic N) is 2. The Morgan fingerprint density at radius 1 is 1.43 bits per heavy atom. The van der Waals surface area contributed by atoms with Crippen LogP contribution in [-0.2, 0) is 4.84 Å². The number of hydrogen-bond donors (Lipinski definition) is 0. The van der Waals surface area contributed by atoms with Crippen molar-refractivity contribution in [3.63, 3.8) is 0 Å². The molecule has 0 aliphatic carbocycles. The van der Waals surface area contributed by atoms with Crippen LogP contribution in [0.5, 0.6) is 0 Å². The average Bonchev–Trinajstić information content (AvgIpc) is 3.23. The van der Waals surface area contributed by atoms with Gasteiger partial charge in [-0.1, -0.05) is 23.4 Å². The van der Waals surface area contributed by atoms with Crippen LogP contribution >= 0.6 is 11.3 Å². The van der Waals surface area contributed by atoms with Crippen LogP contribution in [0, 0.1) is 5.82 Å². The summed E-state index contributed by atoms with van der Waals surface area (Å²) in [5.74, 6) is -0.290. The summed E-state index contributed by atoms with van der Waals surface area (Å²) >= 11 is 1.43. The number of likely N-dealkylation sites (N-methyl/N-ethyl adjacent to an activating group) is 1. The van der Waals surface area contributed by atoms with Gasteiger partial charge in [-0.05, 0) is 30.5 Å². The van der Waals surface area contributed by atoms with Crippen LogP contribution in [0.3, 0.4) is 0 Å². The second-order valence-corrected chi connectivity index (χ2v) is 6.25. The normalized spacial score (nSPS) is 16.8. The Balaban J connectivity index is 1.62. The molecule has 0 spiro atoms. The first-order valence-corrected chi connectivity index (χ1v) is 8.36. The van der Waals surface area contributed by atoms with Gasteiger partial charge in [-0.3, -0.25) is 4.79 Å². The van der Waals surface area contributed by atoms with Crippen LogP contribution in [-0.4, -0.2) is 35.7 Å². The molecule has 6 heteroatoms. The maximum Gasteiger partial charge on any atom is 0.264 e. The van der Waals surface area contributed by atoms with Gasteiger partial charge in [-0.25, -0.2) is 4.39 Å². The average molecular weight is 332 g/mol. The number of oxime groups is 1. The standard InChI is InChI=1S/C17H17FN2O2S/c1-2-20(17(21)16-7-4-8-23-16)11-14-10-15(19-22-14)12-5-3-6-13(18)9-12/h3-9,14H,2,10-11H2,1H3/t14-/m0/s1. The van der Waals surface area contributed by atoms with E-state index in [1.54, 1.807) is 11.0 Å². The minimum absolute atomic E-state index is 0.00491. The summed E-state index contributed by atoms with van der Waals surface area (Å²) in [7, 11) is 0. The van der Waals surface area contributed by atoms with Gasteiger partial charge >= 0.3 is 0 Å². The fourth-order valence-electron chi connectivity index (χ4n) is 2.52. The highest BCUT2D eigenvalue weighted by Gasteiger charge is 2.26. The molecular weight excluding hydrogens is 315 g/mol. The second-order valence-electron chi connectivity index (χ2n) is 5.30. The van der Waals surface area contributed by atoms with Crippen molar-refractivity contribution in [2.75, 3.05) is 13.1 Å². The quantitative estimate of drug-likeness (QED) is 0.840. The number of rotatable bonds is 5. The molecule has 1 amide bonds. The summed E-state index contributed by atoms with van der Waals surface area (Å²) in [6.07, 6.45) is 0.370. The van der Waals surface area contributed by atoms with Crippen molar-refractivity contribution in [3.8, 4) is 0 Å². The van der Waals surface area contributed by atoms with Gasteiger partial charge in [0, 0.05) is 18.5 Å². The van der Waals surface area contributed by atoms with E-state index in [1.165, 1.54) is 23.5 Å². The molecule has 2 heterocycles. The van der Waals surface area contributed by atoms with Gasteiger partial charge in [0.1, 0.15) is 5.82 Å². The number of amides is 1. The lowest BCUT2D eigenvalue weighted by molar-refractivity contribution is 0.0438. The second kappa shape index (κ2) is 6.91. The number of thiophene rings is 1. The molecule has 120 valence electrons. The Labute approximate surface area is 138 Å². The van der Waals surface area contributed by atoms with Crippen LogP contribution in [0.4, 0.5) is 4.39 Å². The van der Waals surface area contributed by atoms with Gasteiger partial charge in [0.05, 0.1) is 17.1 Å². The molecular formula is C17H17FN2O2S. The van der Waals surface area contributed by atoms with E-state index < -0.39 is 0 Å². The summed E-state index contributed by atoms with van der Waals surface area (Å²) in [5, 5.41) is 5.94. The predicted molar refractivity (Wildman–Crippen MR) is 88.3 cm³/mol. The van der Waals surface area contributed by atoms with E-state index >= 15 is 0 Å². The number of carbonyl (C=O) groups excluding carboxylic acids is 1. The number of carbonyl (C=O) groups is 1. The third kappa shape index (κ3) is 3.59. The Bertz CT molecular complexity index is 715. The third-order valence-electron chi connectivity index (χ3n) is 3.72. The predicted octanol–water partition coefficient (Wildman–Crippen LogP) is 3.54. The van der Waals surface area contributed by atoms with Crippen LogP contribution in [0.25, 0.3) is 0 Å². The van der Waals surface area contributed by atoms with E-state index in [2.05, 4.69) is 5.16 Å². The van der Waals surface area contributed by atoms with Crippen molar-refractivity contribution in [1.29, 1.82) is 0 Å². The molecule has 1 aromatic carbocycles. The zero-order valence-corrected chi connectivity index (χ0v) is 13.6. The zero-order valence-electron chi connectivity index (χ0n) is 12.7. The van der Waals surface area contributed by atoms with Crippen molar-refractivity contribution >= 4 is 23.0 Å². The van der Waals surface area contributed by atoms with E-state index in [0.29, 0.717) is 25.2 Å². The molecule has 0 bridgehead atoms. The van der Waals surface area contributed by atoms with Crippen molar-refractivity contribution in [3.05, 3.63) is 58.0 Å². The number of hydrogen-bond acceptors (Lipinski definition) is 4. The number of halogens is 1. The van der Waals surface area contributed by atoms with Gasteiger partial charge < -0.3 is 9.74 Å². The fraction of sp³-hybridized carbons (Fsp3) is 0.294. The van der Waals surface area contributed by atoms with Crippen molar-refractivity contribution < 1.29 is 14.0 Å². The monoisotopic (exact) mass is 332 g/mol. The first kappa shape index (κ1) is 15.7. The van der Waals surface area contributed by atoms with Crippen LogP contribution in [0.2, 0.25) is 0 Å². The van der Waals surface area contributed by atoms with Crippen molar-refractivity contribution in [2.45, 2.75) is 19.4 Å². The van der Waals surface area contributed by atoms with E-state index in [9.17, 15) is 9.18 Å². The first-order valence-electron chi connectivity index (χ1n) is 7.48. The Morgan fingerprint density at radius 2 is 2.30 bits per heavy atom.